The van der Waals surface area contributed by atoms with Gasteiger partial charge in [0.05, 0.1) is 13.5 Å². The van der Waals surface area contributed by atoms with Gasteiger partial charge in [-0.1, -0.05) is 64.7 Å². The van der Waals surface area contributed by atoms with Crippen LogP contribution in [0, 0.1) is 0 Å². The zero-order valence-corrected chi connectivity index (χ0v) is 18.3. The van der Waals surface area contributed by atoms with E-state index in [-0.39, 0.29) is 18.0 Å². The molecule has 0 amide bonds. The summed E-state index contributed by atoms with van der Waals surface area (Å²) in [7, 11) is 1.43. The Balaban J connectivity index is 2.30. The average Bonchev–Trinajstić information content (AvgIpc) is 2.89. The largest absolute Gasteiger partial charge is 0.469 e. The molecule has 1 fully saturated rings. The molecule has 4 nitrogen and oxygen atoms in total. The van der Waals surface area contributed by atoms with Crippen molar-refractivity contribution in [2.75, 3.05) is 12.9 Å². The minimum atomic E-state index is -0.165. The molecular formula is C22H40O4S. The lowest BCUT2D eigenvalue weighted by Gasteiger charge is -2.25. The molecule has 158 valence electrons. The Labute approximate surface area is 170 Å². The summed E-state index contributed by atoms with van der Waals surface area (Å²) in [6.07, 6.45) is 16.9. The molecule has 0 aromatic rings. The number of hydrogen-bond acceptors (Lipinski definition) is 5. The molecule has 1 aliphatic heterocycles. The predicted octanol–water partition coefficient (Wildman–Crippen LogP) is 6.06. The molecular weight excluding hydrogens is 360 g/mol. The maximum atomic E-state index is 11.8. The van der Waals surface area contributed by atoms with E-state index in [4.69, 9.17) is 9.47 Å². The van der Waals surface area contributed by atoms with Crippen molar-refractivity contribution in [3.63, 3.8) is 0 Å². The molecule has 0 bridgehead atoms. The first-order valence-corrected chi connectivity index (χ1v) is 12.1. The van der Waals surface area contributed by atoms with Crippen molar-refractivity contribution in [2.24, 2.45) is 0 Å². The van der Waals surface area contributed by atoms with Crippen molar-refractivity contribution >= 4 is 23.7 Å². The van der Waals surface area contributed by atoms with Gasteiger partial charge in [0.2, 0.25) is 0 Å². The van der Waals surface area contributed by atoms with Crippen molar-refractivity contribution in [3.05, 3.63) is 0 Å². The molecule has 0 aromatic carbocycles. The third kappa shape index (κ3) is 12.4. The second-order valence-electron chi connectivity index (χ2n) is 7.63. The van der Waals surface area contributed by atoms with Crippen LogP contribution in [0.25, 0.3) is 0 Å². The molecule has 27 heavy (non-hydrogen) atoms. The second kappa shape index (κ2) is 16.3. The zero-order valence-electron chi connectivity index (χ0n) is 17.5. The van der Waals surface area contributed by atoms with Crippen molar-refractivity contribution < 1.29 is 19.1 Å². The van der Waals surface area contributed by atoms with Gasteiger partial charge in [0.25, 0.3) is 0 Å². The van der Waals surface area contributed by atoms with Crippen LogP contribution in [0.4, 0.5) is 0 Å². The molecule has 5 heteroatoms. The number of unbranched alkanes of at least 4 members (excludes halogenated alkanes) is 8. The summed E-state index contributed by atoms with van der Waals surface area (Å²) in [4.78, 5) is 23.2. The number of ether oxygens (including phenoxy) is 2. The number of rotatable bonds is 15. The van der Waals surface area contributed by atoms with Crippen LogP contribution in [0.15, 0.2) is 0 Å². The first-order chi connectivity index (χ1) is 13.2. The van der Waals surface area contributed by atoms with Gasteiger partial charge in [0, 0.05) is 17.4 Å². The lowest BCUT2D eigenvalue weighted by Crippen LogP contribution is -2.28. The number of methoxy groups -OCH3 is 1. The fraction of sp³-hybridized carbons (Fsp3) is 0.909. The van der Waals surface area contributed by atoms with E-state index in [9.17, 15) is 9.59 Å². The van der Waals surface area contributed by atoms with E-state index in [1.165, 1.54) is 64.9 Å². The second-order valence-corrected chi connectivity index (χ2v) is 8.97. The quantitative estimate of drug-likeness (QED) is 0.247. The highest BCUT2D eigenvalue weighted by molar-refractivity contribution is 7.99. The molecule has 0 saturated carbocycles. The summed E-state index contributed by atoms with van der Waals surface area (Å²) in [6.45, 7) is 2.26. The van der Waals surface area contributed by atoms with Crippen molar-refractivity contribution in [1.82, 2.24) is 0 Å². The SMILES string of the molecule is CCCCCCCCCCC[C@@H](SCCC(=O)OC)[C@@H]1CCCCC(=O)O1. The molecule has 1 aliphatic rings. The van der Waals surface area contributed by atoms with E-state index < -0.39 is 0 Å². The standard InChI is InChI=1S/C22H40O4S/c1-3-4-5-6-7-8-9-10-11-15-20(27-18-17-21(23)25-2)19-14-12-13-16-22(24)26-19/h19-20H,3-18H2,1-2H3/t19-,20+/m0/s1. The number of cyclic esters (lactones) is 1. The summed E-state index contributed by atoms with van der Waals surface area (Å²) >= 11 is 1.78. The number of hydrogen-bond donors (Lipinski definition) is 0. The highest BCUT2D eigenvalue weighted by Crippen LogP contribution is 2.29. The highest BCUT2D eigenvalue weighted by atomic mass is 32.2. The molecule has 0 N–H and O–H groups in total. The Morgan fingerprint density at radius 3 is 2.44 bits per heavy atom. The fourth-order valence-corrected chi connectivity index (χ4v) is 4.92. The van der Waals surface area contributed by atoms with Gasteiger partial charge in [-0.05, 0) is 25.7 Å². The number of carbonyl (C=O) groups excluding carboxylic acids is 2. The van der Waals surface area contributed by atoms with Crippen LogP contribution in [0.3, 0.4) is 0 Å². The van der Waals surface area contributed by atoms with Crippen LogP contribution in [-0.4, -0.2) is 36.2 Å². The van der Waals surface area contributed by atoms with Crippen LogP contribution in [0.2, 0.25) is 0 Å². The van der Waals surface area contributed by atoms with Crippen LogP contribution >= 0.6 is 11.8 Å². The molecule has 0 aromatic heterocycles. The Bertz CT molecular complexity index is 400. The minimum Gasteiger partial charge on any atom is -0.469 e. The molecule has 0 unspecified atom stereocenters. The molecule has 1 saturated heterocycles. The Hall–Kier alpha value is -0.710. The topological polar surface area (TPSA) is 52.6 Å². The third-order valence-corrected chi connectivity index (χ3v) is 6.68. The highest BCUT2D eigenvalue weighted by Gasteiger charge is 2.27. The van der Waals surface area contributed by atoms with Gasteiger partial charge in [-0.3, -0.25) is 9.59 Å². The Kier molecular flexibility index (Phi) is 14.7. The molecule has 2 atom stereocenters. The smallest absolute Gasteiger partial charge is 0.306 e. The van der Waals surface area contributed by atoms with Gasteiger partial charge >= 0.3 is 11.9 Å². The van der Waals surface area contributed by atoms with Gasteiger partial charge in [-0.25, -0.2) is 0 Å². The van der Waals surface area contributed by atoms with E-state index in [0.29, 0.717) is 18.1 Å². The van der Waals surface area contributed by atoms with E-state index in [0.717, 1.165) is 31.4 Å². The lowest BCUT2D eigenvalue weighted by molar-refractivity contribution is -0.148. The van der Waals surface area contributed by atoms with E-state index in [2.05, 4.69) is 6.92 Å². The predicted molar refractivity (Wildman–Crippen MR) is 113 cm³/mol. The number of thioether (sulfide) groups is 1. The molecule has 0 radical (unpaired) electrons. The van der Waals surface area contributed by atoms with Gasteiger partial charge < -0.3 is 9.47 Å². The molecule has 0 aliphatic carbocycles. The van der Waals surface area contributed by atoms with Gasteiger partial charge in [-0.2, -0.15) is 11.8 Å². The summed E-state index contributed by atoms with van der Waals surface area (Å²) < 4.78 is 10.5. The van der Waals surface area contributed by atoms with Gasteiger partial charge in [-0.15, -0.1) is 0 Å². The molecule has 0 spiro atoms. The maximum Gasteiger partial charge on any atom is 0.306 e. The summed E-state index contributed by atoms with van der Waals surface area (Å²) in [5.41, 5.74) is 0. The average molecular weight is 401 g/mol. The normalized spacial score (nSPS) is 18.6. The maximum absolute atomic E-state index is 11.8. The van der Waals surface area contributed by atoms with E-state index >= 15 is 0 Å². The zero-order chi connectivity index (χ0) is 19.7. The van der Waals surface area contributed by atoms with Crippen LogP contribution < -0.4 is 0 Å². The molecule has 1 rings (SSSR count). The van der Waals surface area contributed by atoms with Crippen LogP contribution in [-0.2, 0) is 19.1 Å². The van der Waals surface area contributed by atoms with Crippen LogP contribution in [0.5, 0.6) is 0 Å². The van der Waals surface area contributed by atoms with Crippen molar-refractivity contribution in [3.8, 4) is 0 Å². The van der Waals surface area contributed by atoms with E-state index in [1.54, 1.807) is 11.8 Å². The Morgan fingerprint density at radius 2 is 1.78 bits per heavy atom. The third-order valence-electron chi connectivity index (χ3n) is 5.28. The van der Waals surface area contributed by atoms with E-state index in [1.807, 2.05) is 0 Å². The van der Waals surface area contributed by atoms with Gasteiger partial charge in [0.15, 0.2) is 0 Å². The van der Waals surface area contributed by atoms with Crippen LogP contribution in [0.1, 0.15) is 103 Å². The van der Waals surface area contributed by atoms with Crippen molar-refractivity contribution in [2.45, 2.75) is 115 Å². The Morgan fingerprint density at radius 1 is 1.11 bits per heavy atom. The minimum absolute atomic E-state index is 0.0108. The summed E-state index contributed by atoms with van der Waals surface area (Å²) in [5, 5.41) is 0.307. The summed E-state index contributed by atoms with van der Waals surface area (Å²) in [6, 6.07) is 0. The van der Waals surface area contributed by atoms with Crippen molar-refractivity contribution in [1.29, 1.82) is 0 Å². The first-order valence-electron chi connectivity index (χ1n) is 11.0. The summed E-state index contributed by atoms with van der Waals surface area (Å²) in [5.74, 6) is 0.522. The first kappa shape index (κ1) is 24.3. The van der Waals surface area contributed by atoms with Gasteiger partial charge in [0.1, 0.15) is 6.10 Å². The lowest BCUT2D eigenvalue weighted by atomic mass is 10.0. The molecule has 1 heterocycles. The monoisotopic (exact) mass is 400 g/mol. The fourth-order valence-electron chi connectivity index (χ4n) is 3.59. The number of carbonyl (C=O) groups is 2. The number of esters is 2.